The van der Waals surface area contributed by atoms with Gasteiger partial charge in [-0.25, -0.2) is 13.4 Å². The predicted octanol–water partition coefficient (Wildman–Crippen LogP) is 5.16. The molecule has 1 fully saturated rings. The van der Waals surface area contributed by atoms with Crippen LogP contribution in [0.1, 0.15) is 19.3 Å². The fraction of sp³-hybridized carbons (Fsp3) is 0.455. The lowest BCUT2D eigenvalue weighted by Gasteiger charge is -2.33. The van der Waals surface area contributed by atoms with Gasteiger partial charge in [-0.2, -0.15) is 4.31 Å². The molecule has 1 unspecified atom stereocenters. The highest BCUT2D eigenvalue weighted by Crippen LogP contribution is 2.34. The Labute approximate surface area is 221 Å². The highest BCUT2D eigenvalue weighted by Gasteiger charge is 2.36. The van der Waals surface area contributed by atoms with Gasteiger partial charge in [-0.15, -0.1) is 11.3 Å². The van der Waals surface area contributed by atoms with Crippen molar-refractivity contribution in [3.05, 3.63) is 39.1 Å². The van der Waals surface area contributed by atoms with Gasteiger partial charge in [0.2, 0.25) is 5.91 Å². The Morgan fingerprint density at radius 1 is 1.24 bits per heavy atom. The third-order valence-corrected chi connectivity index (χ3v) is 10.8. The molecule has 1 aliphatic rings. The minimum atomic E-state index is -3.68. The molecule has 184 valence electrons. The predicted molar refractivity (Wildman–Crippen MR) is 144 cm³/mol. The van der Waals surface area contributed by atoms with Crippen LogP contribution in [0.5, 0.6) is 0 Å². The van der Waals surface area contributed by atoms with Gasteiger partial charge in [0.05, 0.1) is 20.5 Å². The number of aromatic nitrogens is 1. The van der Waals surface area contributed by atoms with Crippen molar-refractivity contribution in [3.8, 4) is 0 Å². The fourth-order valence-electron chi connectivity index (χ4n) is 3.99. The molecule has 1 aromatic carbocycles. The SMILES string of the molecule is CN(C)CCCN(C(=O)C1CCCN(S(=O)(=O)c2ccc(Cl)s2)C1)c1nc2ccc(Br)cc2s1. The Morgan fingerprint density at radius 3 is 2.74 bits per heavy atom. The number of nitrogens with zero attached hydrogens (tertiary/aromatic N) is 4. The molecule has 0 aliphatic carbocycles. The van der Waals surface area contributed by atoms with Crippen molar-refractivity contribution in [1.82, 2.24) is 14.2 Å². The fourth-order valence-corrected chi connectivity index (χ4v) is 8.70. The van der Waals surface area contributed by atoms with Crippen molar-refractivity contribution in [3.63, 3.8) is 0 Å². The molecule has 1 aliphatic heterocycles. The summed E-state index contributed by atoms with van der Waals surface area (Å²) in [6.07, 6.45) is 2.07. The normalized spacial score (nSPS) is 17.5. The maximum atomic E-state index is 13.8. The first kappa shape index (κ1) is 26.0. The Balaban J connectivity index is 1.58. The summed E-state index contributed by atoms with van der Waals surface area (Å²) in [6, 6.07) is 8.98. The van der Waals surface area contributed by atoms with Gasteiger partial charge in [0.15, 0.2) is 5.13 Å². The van der Waals surface area contributed by atoms with Crippen LogP contribution >= 0.6 is 50.2 Å². The van der Waals surface area contributed by atoms with E-state index in [1.165, 1.54) is 21.7 Å². The number of carbonyl (C=O) groups is 1. The molecule has 7 nitrogen and oxygen atoms in total. The number of thiophene rings is 1. The second-order valence-corrected chi connectivity index (χ2v) is 14.3. The van der Waals surface area contributed by atoms with Gasteiger partial charge < -0.3 is 4.90 Å². The first-order valence-corrected chi connectivity index (χ1v) is 15.2. The minimum Gasteiger partial charge on any atom is -0.309 e. The number of piperidine rings is 1. The van der Waals surface area contributed by atoms with E-state index in [1.807, 2.05) is 32.3 Å². The summed E-state index contributed by atoms with van der Waals surface area (Å²) in [5.74, 6) is -0.488. The zero-order valence-electron chi connectivity index (χ0n) is 18.9. The molecule has 1 atom stereocenters. The van der Waals surface area contributed by atoms with Crippen LogP contribution in [-0.2, 0) is 14.8 Å². The van der Waals surface area contributed by atoms with Gasteiger partial charge >= 0.3 is 0 Å². The zero-order chi connectivity index (χ0) is 24.5. The molecule has 0 saturated carbocycles. The van der Waals surface area contributed by atoms with Crippen LogP contribution in [0.3, 0.4) is 0 Å². The first-order valence-electron chi connectivity index (χ1n) is 10.9. The lowest BCUT2D eigenvalue weighted by atomic mass is 9.98. The Hall–Kier alpha value is -1.08. The van der Waals surface area contributed by atoms with Gasteiger partial charge in [0.1, 0.15) is 4.21 Å². The molecule has 1 saturated heterocycles. The standard InChI is InChI=1S/C22H26BrClN4O3S3/c1-26(2)10-4-12-28(22-25-17-7-6-16(23)13-18(17)32-22)21(29)15-5-3-11-27(14-15)34(30,31)20-9-8-19(24)33-20/h6-9,13,15H,3-5,10-12,14H2,1-2H3. The topological polar surface area (TPSA) is 73.8 Å². The summed E-state index contributed by atoms with van der Waals surface area (Å²) in [5, 5.41) is 0.655. The number of sulfonamides is 1. The molecular weight excluding hydrogens is 580 g/mol. The smallest absolute Gasteiger partial charge is 0.252 e. The highest BCUT2D eigenvalue weighted by atomic mass is 79.9. The lowest BCUT2D eigenvalue weighted by Crippen LogP contribution is -2.47. The monoisotopic (exact) mass is 604 g/mol. The summed E-state index contributed by atoms with van der Waals surface area (Å²) in [7, 11) is 0.324. The van der Waals surface area contributed by atoms with Gasteiger partial charge in [-0.3, -0.25) is 9.69 Å². The summed E-state index contributed by atoms with van der Waals surface area (Å²) in [4.78, 5) is 22.3. The molecule has 0 N–H and O–H groups in total. The van der Waals surface area contributed by atoms with Crippen LogP contribution in [-0.4, -0.2) is 68.8 Å². The van der Waals surface area contributed by atoms with Crippen molar-refractivity contribution in [2.24, 2.45) is 5.92 Å². The number of amides is 1. The lowest BCUT2D eigenvalue weighted by molar-refractivity contribution is -0.123. The van der Waals surface area contributed by atoms with E-state index >= 15 is 0 Å². The van der Waals surface area contributed by atoms with Gasteiger partial charge in [0, 0.05) is 24.1 Å². The Bertz CT molecular complexity index is 1280. The van der Waals surface area contributed by atoms with E-state index in [-0.39, 0.29) is 16.7 Å². The minimum absolute atomic E-state index is 0.0685. The number of hydrogen-bond donors (Lipinski definition) is 0. The second kappa shape index (κ2) is 10.9. The van der Waals surface area contributed by atoms with E-state index in [4.69, 9.17) is 16.6 Å². The molecule has 3 aromatic rings. The maximum absolute atomic E-state index is 13.8. The first-order chi connectivity index (χ1) is 16.1. The number of carbonyl (C=O) groups excluding carboxylic acids is 1. The summed E-state index contributed by atoms with van der Waals surface area (Å²) in [5.41, 5.74) is 0.844. The number of anilines is 1. The summed E-state index contributed by atoms with van der Waals surface area (Å²) in [6.45, 7) is 1.93. The molecule has 34 heavy (non-hydrogen) atoms. The maximum Gasteiger partial charge on any atom is 0.252 e. The van der Waals surface area contributed by atoms with E-state index in [1.54, 1.807) is 11.0 Å². The largest absolute Gasteiger partial charge is 0.309 e. The van der Waals surface area contributed by atoms with E-state index < -0.39 is 15.9 Å². The number of benzene rings is 1. The van der Waals surface area contributed by atoms with E-state index in [0.29, 0.717) is 35.4 Å². The van der Waals surface area contributed by atoms with Crippen molar-refractivity contribution in [2.75, 3.05) is 45.2 Å². The molecular formula is C22H26BrClN4O3S3. The number of hydrogen-bond acceptors (Lipinski definition) is 7. The molecule has 12 heteroatoms. The summed E-state index contributed by atoms with van der Waals surface area (Å²) >= 11 is 12.0. The molecule has 3 heterocycles. The third kappa shape index (κ3) is 5.83. The van der Waals surface area contributed by atoms with Gasteiger partial charge in [-0.05, 0) is 70.2 Å². The van der Waals surface area contributed by atoms with Crippen molar-refractivity contribution >= 4 is 81.5 Å². The molecule has 1 amide bonds. The molecule has 0 spiro atoms. The van der Waals surface area contributed by atoms with Crippen LogP contribution in [0.4, 0.5) is 5.13 Å². The third-order valence-electron chi connectivity index (χ3n) is 5.70. The second-order valence-electron chi connectivity index (χ2n) is 8.52. The average molecular weight is 606 g/mol. The Morgan fingerprint density at radius 2 is 2.03 bits per heavy atom. The summed E-state index contributed by atoms with van der Waals surface area (Å²) < 4.78 is 30.3. The van der Waals surface area contributed by atoms with Crippen molar-refractivity contribution in [2.45, 2.75) is 23.5 Å². The number of halogens is 2. The van der Waals surface area contributed by atoms with Gasteiger partial charge in [-0.1, -0.05) is 38.9 Å². The highest BCUT2D eigenvalue weighted by molar-refractivity contribution is 9.10. The number of fused-ring (bicyclic) bond motifs is 1. The van der Waals surface area contributed by atoms with E-state index in [2.05, 4.69) is 20.8 Å². The van der Waals surface area contributed by atoms with Crippen LogP contribution < -0.4 is 4.90 Å². The Kier molecular flexibility index (Phi) is 8.33. The zero-order valence-corrected chi connectivity index (χ0v) is 23.7. The van der Waals surface area contributed by atoms with E-state index in [0.717, 1.165) is 39.0 Å². The number of thiazole rings is 1. The van der Waals surface area contributed by atoms with Crippen LogP contribution in [0.25, 0.3) is 10.2 Å². The molecule has 2 aromatic heterocycles. The molecule has 0 radical (unpaired) electrons. The average Bonchev–Trinajstić information content (AvgIpc) is 3.42. The molecule has 4 rings (SSSR count). The van der Waals surface area contributed by atoms with Crippen LogP contribution in [0.15, 0.2) is 39.0 Å². The van der Waals surface area contributed by atoms with Crippen LogP contribution in [0, 0.1) is 5.92 Å². The quantitative estimate of drug-likeness (QED) is 0.355. The van der Waals surface area contributed by atoms with E-state index in [9.17, 15) is 13.2 Å². The van der Waals surface area contributed by atoms with Crippen molar-refractivity contribution < 1.29 is 13.2 Å². The molecule has 0 bridgehead atoms. The van der Waals surface area contributed by atoms with Crippen molar-refractivity contribution in [1.29, 1.82) is 0 Å². The van der Waals surface area contributed by atoms with Crippen LogP contribution in [0.2, 0.25) is 4.34 Å². The number of rotatable bonds is 8. The van der Waals surface area contributed by atoms with Gasteiger partial charge in [0.25, 0.3) is 10.0 Å².